The van der Waals surface area contributed by atoms with Crippen molar-refractivity contribution >= 4 is 11.8 Å². The van der Waals surface area contributed by atoms with Gasteiger partial charge in [0.2, 0.25) is 0 Å². The van der Waals surface area contributed by atoms with Crippen LogP contribution in [0.2, 0.25) is 0 Å². The van der Waals surface area contributed by atoms with Crippen molar-refractivity contribution in [3.8, 4) is 0 Å². The van der Waals surface area contributed by atoms with Gasteiger partial charge in [0.15, 0.2) is 0 Å². The molecule has 1 unspecified atom stereocenters. The van der Waals surface area contributed by atoms with Crippen molar-refractivity contribution < 1.29 is 0 Å². The van der Waals surface area contributed by atoms with E-state index in [0.717, 1.165) is 0 Å². The van der Waals surface area contributed by atoms with E-state index in [9.17, 15) is 0 Å². The monoisotopic (exact) mass is 258 g/mol. The molecule has 0 saturated carbocycles. The quantitative estimate of drug-likeness (QED) is 0.669. The molecule has 0 nitrogen and oxygen atoms in total. The van der Waals surface area contributed by atoms with E-state index in [1.54, 1.807) is 0 Å². The molecule has 96 valence electrons. The molecule has 0 aromatic heterocycles. The molecule has 1 aliphatic carbocycles. The Labute approximate surface area is 115 Å². The third kappa shape index (κ3) is 3.52. The summed E-state index contributed by atoms with van der Waals surface area (Å²) in [6, 6.07) is 8.97. The maximum Gasteiger partial charge on any atom is 0.0122 e. The lowest BCUT2D eigenvalue weighted by atomic mass is 9.87. The fraction of sp³-hybridized carbons (Fsp3) is 0.412. The van der Waals surface area contributed by atoms with Crippen LogP contribution >= 0.6 is 11.8 Å². The summed E-state index contributed by atoms with van der Waals surface area (Å²) in [5, 5.41) is 0. The van der Waals surface area contributed by atoms with Gasteiger partial charge in [0.1, 0.15) is 0 Å². The molecule has 0 saturated heterocycles. The summed E-state index contributed by atoms with van der Waals surface area (Å²) in [6.07, 6.45) is 8.05. The molecule has 0 N–H and O–H groups in total. The summed E-state index contributed by atoms with van der Waals surface area (Å²) < 4.78 is 0. The minimum atomic E-state index is 0.238. The first-order chi connectivity index (χ1) is 8.45. The van der Waals surface area contributed by atoms with Gasteiger partial charge >= 0.3 is 0 Å². The smallest absolute Gasteiger partial charge is 0.0122 e. The molecule has 1 aromatic rings. The van der Waals surface area contributed by atoms with E-state index in [0.29, 0.717) is 5.92 Å². The van der Waals surface area contributed by atoms with Crippen molar-refractivity contribution in [3.05, 3.63) is 53.0 Å². The van der Waals surface area contributed by atoms with Gasteiger partial charge < -0.3 is 0 Å². The summed E-state index contributed by atoms with van der Waals surface area (Å²) in [6.45, 7) is 9.03. The number of allylic oxidation sites excluding steroid dienone is 3. The second kappa shape index (κ2) is 5.36. The van der Waals surface area contributed by atoms with Gasteiger partial charge in [-0.2, -0.15) is 0 Å². The van der Waals surface area contributed by atoms with E-state index in [4.69, 9.17) is 0 Å². The third-order valence-corrected chi connectivity index (χ3v) is 4.21. The minimum absolute atomic E-state index is 0.238. The molecule has 18 heavy (non-hydrogen) atoms. The second-order valence-corrected chi connectivity index (χ2v) is 7.21. The highest BCUT2D eigenvalue weighted by atomic mass is 32.2. The lowest BCUT2D eigenvalue weighted by Gasteiger charge is -2.19. The predicted octanol–water partition coefficient (Wildman–Crippen LogP) is 5.56. The van der Waals surface area contributed by atoms with Crippen molar-refractivity contribution in [2.75, 3.05) is 0 Å². The molecule has 1 aromatic carbocycles. The van der Waals surface area contributed by atoms with Gasteiger partial charge in [0, 0.05) is 9.80 Å². The highest BCUT2D eigenvalue weighted by Crippen LogP contribution is 2.33. The Morgan fingerprint density at radius 3 is 2.33 bits per heavy atom. The normalized spacial score (nSPS) is 19.8. The van der Waals surface area contributed by atoms with Crippen LogP contribution < -0.4 is 0 Å². The molecule has 0 heterocycles. The van der Waals surface area contributed by atoms with Gasteiger partial charge in [0.25, 0.3) is 0 Å². The van der Waals surface area contributed by atoms with E-state index < -0.39 is 0 Å². The maximum absolute atomic E-state index is 2.36. The molecule has 0 radical (unpaired) electrons. The Hall–Kier alpha value is -0.950. The average molecular weight is 258 g/mol. The first kappa shape index (κ1) is 13.5. The van der Waals surface area contributed by atoms with Gasteiger partial charge in [-0.25, -0.2) is 0 Å². The standard InChI is InChI=1S/C17H22S/c1-13-6-5-7-16(12-13)18-15-10-8-14(9-11-15)17(2,3)4/h5,7-13H,6H2,1-4H3. The van der Waals surface area contributed by atoms with Crippen LogP contribution in [-0.4, -0.2) is 0 Å². The van der Waals surface area contributed by atoms with Crippen LogP contribution in [0.5, 0.6) is 0 Å². The topological polar surface area (TPSA) is 0 Å². The van der Waals surface area contributed by atoms with Crippen molar-refractivity contribution in [1.82, 2.24) is 0 Å². The van der Waals surface area contributed by atoms with Gasteiger partial charge in [-0.05, 0) is 35.4 Å². The first-order valence-corrected chi connectivity index (χ1v) is 7.43. The molecule has 1 atom stereocenters. The molecule has 2 rings (SSSR count). The van der Waals surface area contributed by atoms with Crippen molar-refractivity contribution in [2.24, 2.45) is 5.92 Å². The third-order valence-electron chi connectivity index (χ3n) is 3.19. The van der Waals surface area contributed by atoms with Crippen LogP contribution in [0.3, 0.4) is 0 Å². The van der Waals surface area contributed by atoms with Gasteiger partial charge in [-0.15, -0.1) is 0 Å². The Kier molecular flexibility index (Phi) is 4.01. The zero-order chi connectivity index (χ0) is 13.2. The Morgan fingerprint density at radius 1 is 1.11 bits per heavy atom. The van der Waals surface area contributed by atoms with Gasteiger partial charge in [-0.3, -0.25) is 0 Å². The number of benzene rings is 1. The highest BCUT2D eigenvalue weighted by Gasteiger charge is 2.13. The number of rotatable bonds is 2. The first-order valence-electron chi connectivity index (χ1n) is 6.62. The molecule has 1 aliphatic rings. The number of hydrogen-bond donors (Lipinski definition) is 0. The Bertz CT molecular complexity index is 457. The average Bonchev–Trinajstić information content (AvgIpc) is 2.28. The molecular weight excluding hydrogens is 236 g/mol. The molecular formula is C17H22S. The van der Waals surface area contributed by atoms with Crippen molar-refractivity contribution in [3.63, 3.8) is 0 Å². The Balaban J connectivity index is 2.09. The Morgan fingerprint density at radius 2 is 1.78 bits per heavy atom. The van der Waals surface area contributed by atoms with Crippen LogP contribution in [-0.2, 0) is 5.41 Å². The van der Waals surface area contributed by atoms with E-state index >= 15 is 0 Å². The SMILES string of the molecule is CC1C=C(Sc2ccc(C(C)(C)C)cc2)C=CC1. The van der Waals surface area contributed by atoms with E-state index in [2.05, 4.69) is 70.2 Å². The largest absolute Gasteiger partial charge is 0.0904 e. The van der Waals surface area contributed by atoms with Gasteiger partial charge in [0.05, 0.1) is 0 Å². The maximum atomic E-state index is 2.36. The lowest BCUT2D eigenvalue weighted by molar-refractivity contribution is 0.590. The van der Waals surface area contributed by atoms with Gasteiger partial charge in [-0.1, -0.05) is 69.8 Å². The fourth-order valence-electron chi connectivity index (χ4n) is 2.03. The predicted molar refractivity (Wildman–Crippen MR) is 82.0 cm³/mol. The van der Waals surface area contributed by atoms with Crippen molar-refractivity contribution in [2.45, 2.75) is 44.4 Å². The molecule has 0 amide bonds. The number of thioether (sulfide) groups is 1. The van der Waals surface area contributed by atoms with E-state index in [1.807, 2.05) is 11.8 Å². The van der Waals surface area contributed by atoms with Crippen LogP contribution in [0.15, 0.2) is 52.3 Å². The fourth-order valence-corrected chi connectivity index (χ4v) is 3.04. The van der Waals surface area contributed by atoms with E-state index in [1.165, 1.54) is 21.8 Å². The molecule has 0 spiro atoms. The summed E-state index contributed by atoms with van der Waals surface area (Å²) >= 11 is 1.86. The van der Waals surface area contributed by atoms with Crippen LogP contribution in [0.25, 0.3) is 0 Å². The molecule has 1 heteroatoms. The lowest BCUT2D eigenvalue weighted by Crippen LogP contribution is -2.10. The van der Waals surface area contributed by atoms with Crippen LogP contribution in [0, 0.1) is 5.92 Å². The molecule has 0 aliphatic heterocycles. The van der Waals surface area contributed by atoms with E-state index in [-0.39, 0.29) is 5.41 Å². The van der Waals surface area contributed by atoms with Crippen LogP contribution in [0.1, 0.15) is 39.7 Å². The molecule has 0 bridgehead atoms. The zero-order valence-corrected chi connectivity index (χ0v) is 12.6. The number of hydrogen-bond acceptors (Lipinski definition) is 1. The van der Waals surface area contributed by atoms with Crippen LogP contribution in [0.4, 0.5) is 0 Å². The van der Waals surface area contributed by atoms with Crippen molar-refractivity contribution in [1.29, 1.82) is 0 Å². The molecule has 0 fully saturated rings. The zero-order valence-electron chi connectivity index (χ0n) is 11.7. The second-order valence-electron chi connectivity index (χ2n) is 6.06. The summed E-state index contributed by atoms with van der Waals surface area (Å²) in [5.41, 5.74) is 1.63. The summed E-state index contributed by atoms with van der Waals surface area (Å²) in [7, 11) is 0. The summed E-state index contributed by atoms with van der Waals surface area (Å²) in [5.74, 6) is 0.673. The highest BCUT2D eigenvalue weighted by molar-refractivity contribution is 8.03. The minimum Gasteiger partial charge on any atom is -0.0904 e. The summed E-state index contributed by atoms with van der Waals surface area (Å²) in [4.78, 5) is 2.70.